The lowest BCUT2D eigenvalue weighted by molar-refractivity contribution is -0.122. The summed E-state index contributed by atoms with van der Waals surface area (Å²) in [6.45, 7) is 2.41. The Bertz CT molecular complexity index is 660. The Balaban J connectivity index is 1.43. The SMILES string of the molecule is C[C@H](CNC(=O)[C@@H]1C[C@@H]1c1cccnc1)Oc1ccc(Cl)cc1. The number of hydrogen-bond acceptors (Lipinski definition) is 3. The monoisotopic (exact) mass is 330 g/mol. The fourth-order valence-corrected chi connectivity index (χ4v) is 2.74. The number of halogens is 1. The molecule has 0 radical (unpaired) electrons. The molecule has 0 bridgehead atoms. The normalized spacial score (nSPS) is 20.6. The van der Waals surface area contributed by atoms with Crippen molar-refractivity contribution in [2.45, 2.75) is 25.4 Å². The van der Waals surface area contributed by atoms with E-state index in [0.717, 1.165) is 17.7 Å². The molecule has 1 fully saturated rings. The van der Waals surface area contributed by atoms with Crippen molar-refractivity contribution >= 4 is 17.5 Å². The van der Waals surface area contributed by atoms with Gasteiger partial charge in [0.05, 0.1) is 6.54 Å². The summed E-state index contributed by atoms with van der Waals surface area (Å²) in [5.41, 5.74) is 1.14. The van der Waals surface area contributed by atoms with Crippen LogP contribution in [0.5, 0.6) is 5.75 Å². The number of hydrogen-bond donors (Lipinski definition) is 1. The summed E-state index contributed by atoms with van der Waals surface area (Å²) < 4.78 is 5.75. The molecule has 1 heterocycles. The highest BCUT2D eigenvalue weighted by Crippen LogP contribution is 2.47. The van der Waals surface area contributed by atoms with Crippen LogP contribution >= 0.6 is 11.6 Å². The van der Waals surface area contributed by atoms with E-state index in [0.29, 0.717) is 17.5 Å². The van der Waals surface area contributed by atoms with Crippen LogP contribution in [0.4, 0.5) is 0 Å². The van der Waals surface area contributed by atoms with E-state index in [2.05, 4.69) is 10.3 Å². The molecule has 3 rings (SSSR count). The molecule has 1 aliphatic rings. The van der Waals surface area contributed by atoms with E-state index in [9.17, 15) is 4.79 Å². The standard InChI is InChI=1S/C18H19ClN2O2/c1-12(23-15-6-4-14(19)5-7-15)10-21-18(22)17-9-16(17)13-3-2-8-20-11-13/h2-8,11-12,16-17H,9-10H2,1H3,(H,21,22)/t12-,16-,17-/m1/s1. The second-order valence-corrected chi connectivity index (χ2v) is 6.30. The number of benzene rings is 1. The van der Waals surface area contributed by atoms with Gasteiger partial charge >= 0.3 is 0 Å². The van der Waals surface area contributed by atoms with Crippen molar-refractivity contribution in [1.82, 2.24) is 10.3 Å². The number of ether oxygens (including phenoxy) is 1. The molecule has 1 saturated carbocycles. The third kappa shape index (κ3) is 4.23. The highest BCUT2D eigenvalue weighted by molar-refractivity contribution is 6.30. The summed E-state index contributed by atoms with van der Waals surface area (Å²) in [6, 6.07) is 11.1. The lowest BCUT2D eigenvalue weighted by atomic mass is 10.1. The smallest absolute Gasteiger partial charge is 0.223 e. The minimum atomic E-state index is -0.101. The molecular weight excluding hydrogens is 312 g/mol. The molecule has 120 valence electrons. The van der Waals surface area contributed by atoms with Crippen LogP contribution in [0, 0.1) is 5.92 Å². The van der Waals surface area contributed by atoms with E-state index in [1.54, 1.807) is 18.3 Å². The Morgan fingerprint density at radius 3 is 2.87 bits per heavy atom. The average Bonchev–Trinajstić information content (AvgIpc) is 3.36. The van der Waals surface area contributed by atoms with Gasteiger partial charge in [-0.3, -0.25) is 9.78 Å². The lowest BCUT2D eigenvalue weighted by Gasteiger charge is -2.15. The molecule has 0 aliphatic heterocycles. The number of rotatable bonds is 6. The first kappa shape index (κ1) is 15.8. The highest BCUT2D eigenvalue weighted by Gasteiger charge is 2.43. The van der Waals surface area contributed by atoms with Crippen LogP contribution < -0.4 is 10.1 Å². The molecule has 1 amide bonds. The Kier molecular flexibility index (Phi) is 4.82. The number of carbonyl (C=O) groups is 1. The maximum atomic E-state index is 12.2. The fourth-order valence-electron chi connectivity index (χ4n) is 2.61. The molecule has 5 heteroatoms. The predicted molar refractivity (Wildman–Crippen MR) is 89.6 cm³/mol. The van der Waals surface area contributed by atoms with Gasteiger partial charge in [0.2, 0.25) is 5.91 Å². The Hall–Kier alpha value is -2.07. The van der Waals surface area contributed by atoms with Gasteiger partial charge in [-0.2, -0.15) is 0 Å². The summed E-state index contributed by atoms with van der Waals surface area (Å²) in [7, 11) is 0. The number of nitrogens with zero attached hydrogens (tertiary/aromatic N) is 1. The van der Waals surface area contributed by atoms with Gasteiger partial charge < -0.3 is 10.1 Å². The van der Waals surface area contributed by atoms with E-state index >= 15 is 0 Å². The molecular formula is C18H19ClN2O2. The van der Waals surface area contributed by atoms with Gasteiger partial charge in [-0.05, 0) is 55.2 Å². The molecule has 23 heavy (non-hydrogen) atoms. The maximum absolute atomic E-state index is 12.2. The highest BCUT2D eigenvalue weighted by atomic mass is 35.5. The molecule has 1 aliphatic carbocycles. The van der Waals surface area contributed by atoms with Crippen LogP contribution in [0.15, 0.2) is 48.8 Å². The zero-order chi connectivity index (χ0) is 16.2. The van der Waals surface area contributed by atoms with Gasteiger partial charge in [0.1, 0.15) is 11.9 Å². The summed E-state index contributed by atoms with van der Waals surface area (Å²) in [6.07, 6.45) is 4.38. The van der Waals surface area contributed by atoms with Crippen molar-refractivity contribution in [1.29, 1.82) is 0 Å². The minimum Gasteiger partial charge on any atom is -0.489 e. The Morgan fingerprint density at radius 2 is 2.17 bits per heavy atom. The molecule has 0 spiro atoms. The molecule has 0 saturated heterocycles. The summed E-state index contributed by atoms with van der Waals surface area (Å²) >= 11 is 5.84. The van der Waals surface area contributed by atoms with Gasteiger partial charge in [-0.15, -0.1) is 0 Å². The predicted octanol–water partition coefficient (Wildman–Crippen LogP) is 3.42. The molecule has 1 N–H and O–H groups in total. The quantitative estimate of drug-likeness (QED) is 0.883. The number of nitrogens with one attached hydrogen (secondary N) is 1. The summed E-state index contributed by atoms with van der Waals surface area (Å²) in [5.74, 6) is 1.19. The molecule has 0 unspecified atom stereocenters. The minimum absolute atomic E-state index is 0.0573. The molecule has 3 atom stereocenters. The lowest BCUT2D eigenvalue weighted by Crippen LogP contribution is -2.34. The second kappa shape index (κ2) is 7.01. The maximum Gasteiger partial charge on any atom is 0.223 e. The first-order valence-corrected chi connectivity index (χ1v) is 8.11. The van der Waals surface area contributed by atoms with Crippen LogP contribution in [0.25, 0.3) is 0 Å². The number of aromatic nitrogens is 1. The molecule has 2 aromatic rings. The van der Waals surface area contributed by atoms with Crippen LogP contribution in [-0.2, 0) is 4.79 Å². The van der Waals surface area contributed by atoms with E-state index < -0.39 is 0 Å². The second-order valence-electron chi connectivity index (χ2n) is 5.86. The van der Waals surface area contributed by atoms with Crippen molar-refractivity contribution in [3.8, 4) is 5.75 Å². The Labute approximate surface area is 140 Å². The zero-order valence-electron chi connectivity index (χ0n) is 12.9. The first-order valence-electron chi connectivity index (χ1n) is 7.73. The number of pyridine rings is 1. The van der Waals surface area contributed by atoms with E-state index in [-0.39, 0.29) is 17.9 Å². The van der Waals surface area contributed by atoms with Crippen molar-refractivity contribution in [3.63, 3.8) is 0 Å². The Morgan fingerprint density at radius 1 is 1.39 bits per heavy atom. The average molecular weight is 331 g/mol. The number of amides is 1. The van der Waals surface area contributed by atoms with Crippen LogP contribution in [0.2, 0.25) is 5.02 Å². The van der Waals surface area contributed by atoms with Gasteiger partial charge in [0, 0.05) is 23.3 Å². The van der Waals surface area contributed by atoms with Crippen LogP contribution in [0.1, 0.15) is 24.8 Å². The summed E-state index contributed by atoms with van der Waals surface area (Å²) in [5, 5.41) is 3.64. The van der Waals surface area contributed by atoms with E-state index in [4.69, 9.17) is 16.3 Å². The molecule has 4 nitrogen and oxygen atoms in total. The van der Waals surface area contributed by atoms with Crippen molar-refractivity contribution in [2.24, 2.45) is 5.92 Å². The third-order valence-corrected chi connectivity index (χ3v) is 4.21. The zero-order valence-corrected chi connectivity index (χ0v) is 13.7. The van der Waals surface area contributed by atoms with E-state index in [1.807, 2.05) is 37.4 Å². The molecule has 1 aromatic heterocycles. The third-order valence-electron chi connectivity index (χ3n) is 3.95. The number of carbonyl (C=O) groups excluding carboxylic acids is 1. The van der Waals surface area contributed by atoms with Crippen molar-refractivity contribution in [2.75, 3.05) is 6.54 Å². The largest absolute Gasteiger partial charge is 0.489 e. The van der Waals surface area contributed by atoms with Gasteiger partial charge in [0.15, 0.2) is 0 Å². The first-order chi connectivity index (χ1) is 11.1. The van der Waals surface area contributed by atoms with Crippen LogP contribution in [-0.4, -0.2) is 23.5 Å². The fraction of sp³-hybridized carbons (Fsp3) is 0.333. The van der Waals surface area contributed by atoms with E-state index in [1.165, 1.54) is 0 Å². The van der Waals surface area contributed by atoms with Gasteiger partial charge in [-0.1, -0.05) is 17.7 Å². The summed E-state index contributed by atoms with van der Waals surface area (Å²) in [4.78, 5) is 16.3. The van der Waals surface area contributed by atoms with Gasteiger partial charge in [-0.25, -0.2) is 0 Å². The van der Waals surface area contributed by atoms with Crippen molar-refractivity contribution in [3.05, 3.63) is 59.4 Å². The molecule has 1 aromatic carbocycles. The van der Waals surface area contributed by atoms with Crippen molar-refractivity contribution < 1.29 is 9.53 Å². The topological polar surface area (TPSA) is 51.2 Å². The van der Waals surface area contributed by atoms with Gasteiger partial charge in [0.25, 0.3) is 0 Å². The van der Waals surface area contributed by atoms with Crippen LogP contribution in [0.3, 0.4) is 0 Å².